The lowest BCUT2D eigenvalue weighted by atomic mass is 9.91. The number of nitrogens with one attached hydrogen (secondary N) is 1. The zero-order valence-corrected chi connectivity index (χ0v) is 26.6. The van der Waals surface area contributed by atoms with E-state index in [0.717, 1.165) is 55.6 Å². The van der Waals surface area contributed by atoms with Gasteiger partial charge in [-0.2, -0.15) is 4.31 Å². The fraction of sp³-hybridized carbons (Fsp3) is 0.278. The Morgan fingerprint density at radius 2 is 1.49 bits per heavy atom. The van der Waals surface area contributed by atoms with E-state index in [4.69, 9.17) is 9.47 Å². The monoisotopic (exact) mass is 624 g/mol. The van der Waals surface area contributed by atoms with Gasteiger partial charge in [-0.15, -0.1) is 0 Å². The van der Waals surface area contributed by atoms with Crippen LogP contribution in [0.1, 0.15) is 50.4 Å². The van der Waals surface area contributed by atoms with E-state index in [1.165, 1.54) is 11.4 Å². The van der Waals surface area contributed by atoms with Crippen LogP contribution < -0.4 is 5.32 Å². The minimum Gasteiger partial charge on any atom is -0.467 e. The zero-order chi connectivity index (χ0) is 31.9. The molecule has 0 radical (unpaired) electrons. The van der Waals surface area contributed by atoms with Gasteiger partial charge in [0.25, 0.3) is 0 Å². The van der Waals surface area contributed by atoms with Crippen LogP contribution in [0.15, 0.2) is 83.8 Å². The number of nitrogens with zero attached hydrogens (tertiary/aromatic N) is 1. The maximum atomic E-state index is 13.4. The summed E-state index contributed by atoms with van der Waals surface area (Å²) >= 11 is 0. The van der Waals surface area contributed by atoms with Crippen molar-refractivity contribution in [3.8, 4) is 11.1 Å². The smallest absolute Gasteiger partial charge is 0.407 e. The van der Waals surface area contributed by atoms with Crippen LogP contribution in [0.5, 0.6) is 0 Å². The van der Waals surface area contributed by atoms with Gasteiger partial charge in [0, 0.05) is 25.4 Å². The summed E-state index contributed by atoms with van der Waals surface area (Å²) < 4.78 is 39.1. The topological polar surface area (TPSA) is 102 Å². The van der Waals surface area contributed by atoms with Crippen LogP contribution in [0, 0.1) is 20.8 Å². The Kier molecular flexibility index (Phi) is 8.24. The Balaban J connectivity index is 1.17. The Morgan fingerprint density at radius 3 is 2.11 bits per heavy atom. The molecule has 2 aliphatic rings. The van der Waals surface area contributed by atoms with Gasteiger partial charge >= 0.3 is 12.1 Å². The molecular weight excluding hydrogens is 588 g/mol. The highest BCUT2D eigenvalue weighted by Gasteiger charge is 2.34. The van der Waals surface area contributed by atoms with Gasteiger partial charge in [-0.05, 0) is 83.0 Å². The summed E-state index contributed by atoms with van der Waals surface area (Å²) in [6.45, 7) is 6.41. The minimum atomic E-state index is -3.69. The summed E-state index contributed by atoms with van der Waals surface area (Å²) in [6, 6.07) is 24.0. The van der Waals surface area contributed by atoms with E-state index < -0.39 is 28.1 Å². The first-order valence-electron chi connectivity index (χ1n) is 15.0. The molecule has 4 aromatic rings. The number of sulfonamides is 1. The van der Waals surface area contributed by atoms with Crippen LogP contribution in [-0.2, 0) is 43.8 Å². The van der Waals surface area contributed by atoms with Crippen molar-refractivity contribution in [2.45, 2.75) is 57.1 Å². The van der Waals surface area contributed by atoms with E-state index in [0.29, 0.717) is 0 Å². The van der Waals surface area contributed by atoms with Crippen molar-refractivity contribution in [2.24, 2.45) is 0 Å². The van der Waals surface area contributed by atoms with Crippen LogP contribution >= 0.6 is 0 Å². The number of amides is 1. The Hall–Kier alpha value is -4.47. The van der Waals surface area contributed by atoms with Crippen molar-refractivity contribution in [3.63, 3.8) is 0 Å². The Labute approximate surface area is 264 Å². The normalized spacial score (nSPS) is 14.8. The van der Waals surface area contributed by atoms with E-state index in [2.05, 4.69) is 17.4 Å². The number of benzene rings is 4. The first kappa shape index (κ1) is 30.6. The lowest BCUT2D eigenvalue weighted by Gasteiger charge is -2.20. The standard InChI is InChI=1S/C36H36N2O6S/c1-22-13-15-26(16-14-22)45(41,42)38-19-31-23(2)17-25(24(3)32(31)20-38)18-34(35(39)43-4)37-36(40)44-21-33-29-11-7-5-9-27(29)28-10-6-8-12-30(28)33/h5-17,33-34H,18-21H2,1-4H3,(H,37,40). The van der Waals surface area contributed by atoms with E-state index in [1.54, 1.807) is 24.3 Å². The third-order valence-corrected chi connectivity index (χ3v) is 10.8. The average Bonchev–Trinajstić information content (AvgIpc) is 3.64. The van der Waals surface area contributed by atoms with E-state index >= 15 is 0 Å². The van der Waals surface area contributed by atoms with Gasteiger partial charge in [0.15, 0.2) is 0 Å². The molecule has 1 atom stereocenters. The molecule has 1 unspecified atom stereocenters. The van der Waals surface area contributed by atoms with Crippen molar-refractivity contribution in [1.82, 2.24) is 9.62 Å². The molecule has 1 aliphatic carbocycles. The van der Waals surface area contributed by atoms with Crippen LogP contribution in [0.25, 0.3) is 11.1 Å². The third-order valence-electron chi connectivity index (χ3n) is 9.04. The number of alkyl carbamates (subject to hydrolysis) is 1. The minimum absolute atomic E-state index is 0.111. The average molecular weight is 625 g/mol. The molecule has 45 heavy (non-hydrogen) atoms. The molecule has 8 nitrogen and oxygen atoms in total. The molecule has 0 aromatic heterocycles. The van der Waals surface area contributed by atoms with Gasteiger partial charge < -0.3 is 14.8 Å². The molecule has 0 bridgehead atoms. The van der Waals surface area contributed by atoms with Crippen molar-refractivity contribution in [2.75, 3.05) is 13.7 Å². The van der Waals surface area contributed by atoms with Crippen molar-refractivity contribution in [3.05, 3.63) is 123 Å². The Bertz CT molecular complexity index is 1860. The summed E-state index contributed by atoms with van der Waals surface area (Å²) in [6.07, 6.45) is -0.542. The highest BCUT2D eigenvalue weighted by atomic mass is 32.2. The molecule has 232 valence electrons. The molecule has 1 heterocycles. The van der Waals surface area contributed by atoms with Crippen LogP contribution in [-0.4, -0.2) is 44.5 Å². The number of ether oxygens (including phenoxy) is 2. The summed E-state index contributed by atoms with van der Waals surface area (Å²) in [5, 5.41) is 2.72. The number of carbonyl (C=O) groups excluding carboxylic acids is 2. The maximum Gasteiger partial charge on any atom is 0.407 e. The molecule has 0 fully saturated rings. The van der Waals surface area contributed by atoms with Gasteiger partial charge in [-0.1, -0.05) is 72.3 Å². The number of aryl methyl sites for hydroxylation is 2. The molecule has 0 spiro atoms. The summed E-state index contributed by atoms with van der Waals surface area (Å²) in [5.41, 5.74) is 9.97. The second-order valence-electron chi connectivity index (χ2n) is 11.8. The van der Waals surface area contributed by atoms with Crippen LogP contribution in [0.4, 0.5) is 4.79 Å². The summed E-state index contributed by atoms with van der Waals surface area (Å²) in [4.78, 5) is 26.2. The highest BCUT2D eigenvalue weighted by molar-refractivity contribution is 7.89. The summed E-state index contributed by atoms with van der Waals surface area (Å²) in [7, 11) is -2.41. The number of carbonyl (C=O) groups is 2. The molecule has 4 aromatic carbocycles. The highest BCUT2D eigenvalue weighted by Crippen LogP contribution is 2.44. The van der Waals surface area contributed by atoms with Gasteiger partial charge in [0.05, 0.1) is 12.0 Å². The molecule has 9 heteroatoms. The first-order valence-corrected chi connectivity index (χ1v) is 16.4. The number of esters is 1. The second-order valence-corrected chi connectivity index (χ2v) is 13.7. The SMILES string of the molecule is COC(=O)C(Cc1cc(C)c2c(c1C)CN(S(=O)(=O)c1ccc(C)cc1)C2)NC(=O)OCC1c2ccccc2-c2ccccc21. The fourth-order valence-electron chi connectivity index (χ4n) is 6.54. The quantitative estimate of drug-likeness (QED) is 0.244. The molecule has 1 amide bonds. The molecule has 0 saturated carbocycles. The van der Waals surface area contributed by atoms with Crippen molar-refractivity contribution in [1.29, 1.82) is 0 Å². The lowest BCUT2D eigenvalue weighted by molar-refractivity contribution is -0.143. The van der Waals surface area contributed by atoms with Gasteiger partial charge in [-0.3, -0.25) is 0 Å². The number of rotatable bonds is 8. The molecular formula is C36H36N2O6S. The van der Waals surface area contributed by atoms with Gasteiger partial charge in [0.1, 0.15) is 12.6 Å². The van der Waals surface area contributed by atoms with Crippen molar-refractivity contribution >= 4 is 22.1 Å². The number of hydrogen-bond acceptors (Lipinski definition) is 6. The predicted octanol–water partition coefficient (Wildman–Crippen LogP) is 5.94. The second kappa shape index (κ2) is 12.1. The van der Waals surface area contributed by atoms with Crippen LogP contribution in [0.3, 0.4) is 0 Å². The number of methoxy groups -OCH3 is 1. The molecule has 6 rings (SSSR count). The van der Waals surface area contributed by atoms with E-state index in [9.17, 15) is 18.0 Å². The van der Waals surface area contributed by atoms with Crippen molar-refractivity contribution < 1.29 is 27.5 Å². The van der Waals surface area contributed by atoms with Gasteiger partial charge in [0.2, 0.25) is 10.0 Å². The number of hydrogen-bond donors (Lipinski definition) is 1. The third kappa shape index (κ3) is 5.74. The molecule has 1 aliphatic heterocycles. The van der Waals surface area contributed by atoms with Crippen LogP contribution in [0.2, 0.25) is 0 Å². The fourth-order valence-corrected chi connectivity index (χ4v) is 7.91. The van der Waals surface area contributed by atoms with Gasteiger partial charge in [-0.25, -0.2) is 18.0 Å². The number of fused-ring (bicyclic) bond motifs is 4. The zero-order valence-electron chi connectivity index (χ0n) is 25.8. The first-order chi connectivity index (χ1) is 21.6. The maximum absolute atomic E-state index is 13.4. The largest absolute Gasteiger partial charge is 0.467 e. The lowest BCUT2D eigenvalue weighted by Crippen LogP contribution is -2.43. The van der Waals surface area contributed by atoms with E-state index in [-0.39, 0.29) is 36.9 Å². The summed E-state index contributed by atoms with van der Waals surface area (Å²) in [5.74, 6) is -0.704. The Morgan fingerprint density at radius 1 is 0.889 bits per heavy atom. The predicted molar refractivity (Wildman–Crippen MR) is 171 cm³/mol. The van der Waals surface area contributed by atoms with E-state index in [1.807, 2.05) is 63.2 Å². The molecule has 0 saturated heterocycles. The molecule has 1 N–H and O–H groups in total.